The standard InChI is InChI=1S/C15H17ClN2O/c16-10-11-17-13-8-4-5-9-14(13)18(15(17)19)12-6-2-1-3-7-12/h4-6,8-9H,1-3,7,10-11H2. The summed E-state index contributed by atoms with van der Waals surface area (Å²) in [5.41, 5.74) is 3.14. The number of hydrogen-bond acceptors (Lipinski definition) is 1. The van der Waals surface area contributed by atoms with Crippen LogP contribution in [0.1, 0.15) is 25.7 Å². The molecule has 0 radical (unpaired) electrons. The summed E-state index contributed by atoms with van der Waals surface area (Å²) in [7, 11) is 0. The smallest absolute Gasteiger partial charge is 0.290 e. The second-order valence-corrected chi connectivity index (χ2v) is 5.27. The van der Waals surface area contributed by atoms with E-state index in [9.17, 15) is 4.79 Å². The van der Waals surface area contributed by atoms with E-state index in [1.54, 1.807) is 4.57 Å². The van der Waals surface area contributed by atoms with Crippen LogP contribution >= 0.6 is 11.6 Å². The van der Waals surface area contributed by atoms with Crippen molar-refractivity contribution in [3.63, 3.8) is 0 Å². The van der Waals surface area contributed by atoms with E-state index in [1.807, 2.05) is 28.8 Å². The zero-order valence-electron chi connectivity index (χ0n) is 10.8. The Kier molecular flexibility index (Phi) is 3.47. The van der Waals surface area contributed by atoms with Crippen LogP contribution in [0, 0.1) is 0 Å². The number of nitrogens with zero attached hydrogens (tertiary/aromatic N) is 2. The van der Waals surface area contributed by atoms with Gasteiger partial charge in [-0.15, -0.1) is 11.6 Å². The lowest BCUT2D eigenvalue weighted by Gasteiger charge is -2.13. The van der Waals surface area contributed by atoms with Gasteiger partial charge < -0.3 is 0 Å². The minimum atomic E-state index is 0.0370. The summed E-state index contributed by atoms with van der Waals surface area (Å²) in [4.78, 5) is 12.6. The summed E-state index contributed by atoms with van der Waals surface area (Å²) in [5.74, 6) is 0.451. The van der Waals surface area contributed by atoms with E-state index in [2.05, 4.69) is 6.08 Å². The molecule has 3 rings (SSSR count). The van der Waals surface area contributed by atoms with Crippen molar-refractivity contribution in [2.24, 2.45) is 0 Å². The van der Waals surface area contributed by atoms with Crippen LogP contribution in [-0.2, 0) is 6.54 Å². The topological polar surface area (TPSA) is 26.9 Å². The molecular formula is C15H17ClN2O. The Labute approximate surface area is 117 Å². The number of aromatic nitrogens is 2. The van der Waals surface area contributed by atoms with Crippen molar-refractivity contribution in [1.82, 2.24) is 9.13 Å². The molecule has 0 atom stereocenters. The minimum absolute atomic E-state index is 0.0370. The average Bonchev–Trinajstić information content (AvgIpc) is 2.73. The lowest BCUT2D eigenvalue weighted by Crippen LogP contribution is -2.25. The molecule has 2 aromatic rings. The van der Waals surface area contributed by atoms with Gasteiger partial charge in [-0.05, 0) is 37.8 Å². The van der Waals surface area contributed by atoms with Gasteiger partial charge in [0.1, 0.15) is 0 Å². The maximum atomic E-state index is 12.6. The lowest BCUT2D eigenvalue weighted by atomic mass is 10.0. The highest BCUT2D eigenvalue weighted by Crippen LogP contribution is 2.24. The molecule has 1 aliphatic carbocycles. The zero-order valence-corrected chi connectivity index (χ0v) is 11.6. The molecule has 0 bridgehead atoms. The second-order valence-electron chi connectivity index (χ2n) is 4.89. The average molecular weight is 277 g/mol. The van der Waals surface area contributed by atoms with Crippen LogP contribution < -0.4 is 5.69 Å². The molecule has 0 fully saturated rings. The van der Waals surface area contributed by atoms with Gasteiger partial charge in [0.25, 0.3) is 0 Å². The fraction of sp³-hybridized carbons (Fsp3) is 0.400. The zero-order chi connectivity index (χ0) is 13.2. The number of rotatable bonds is 3. The first-order valence-corrected chi connectivity index (χ1v) is 7.32. The number of aryl methyl sites for hydroxylation is 1. The number of para-hydroxylation sites is 2. The Morgan fingerprint density at radius 3 is 2.63 bits per heavy atom. The van der Waals surface area contributed by atoms with E-state index in [1.165, 1.54) is 6.42 Å². The van der Waals surface area contributed by atoms with E-state index < -0.39 is 0 Å². The van der Waals surface area contributed by atoms with Crippen LogP contribution in [0.15, 0.2) is 35.1 Å². The SMILES string of the molecule is O=c1n(CCCl)c2ccccc2n1C1=CCCCC1. The first-order valence-electron chi connectivity index (χ1n) is 6.78. The highest BCUT2D eigenvalue weighted by Gasteiger charge is 2.16. The lowest BCUT2D eigenvalue weighted by molar-refractivity contribution is 0.696. The van der Waals surface area contributed by atoms with Crippen LogP contribution in [0.3, 0.4) is 0 Å². The van der Waals surface area contributed by atoms with Crippen molar-refractivity contribution >= 4 is 28.3 Å². The Morgan fingerprint density at radius 2 is 1.95 bits per heavy atom. The van der Waals surface area contributed by atoms with Crippen molar-refractivity contribution < 1.29 is 0 Å². The number of hydrogen-bond donors (Lipinski definition) is 0. The van der Waals surface area contributed by atoms with Crippen molar-refractivity contribution in [2.45, 2.75) is 32.2 Å². The molecule has 19 heavy (non-hydrogen) atoms. The first-order chi connectivity index (χ1) is 9.33. The Morgan fingerprint density at radius 1 is 1.16 bits per heavy atom. The molecule has 0 saturated heterocycles. The molecule has 3 nitrogen and oxygen atoms in total. The van der Waals surface area contributed by atoms with Gasteiger partial charge in [-0.2, -0.15) is 0 Å². The van der Waals surface area contributed by atoms with E-state index in [0.717, 1.165) is 36.0 Å². The first kappa shape index (κ1) is 12.5. The number of alkyl halides is 1. The number of halogens is 1. The summed E-state index contributed by atoms with van der Waals surface area (Å²) >= 11 is 5.82. The summed E-state index contributed by atoms with van der Waals surface area (Å²) in [5, 5.41) is 0. The highest BCUT2D eigenvalue weighted by atomic mass is 35.5. The van der Waals surface area contributed by atoms with Crippen LogP contribution in [0.25, 0.3) is 16.7 Å². The molecule has 1 aromatic carbocycles. The van der Waals surface area contributed by atoms with Gasteiger partial charge in [-0.3, -0.25) is 9.13 Å². The molecule has 0 spiro atoms. The van der Waals surface area contributed by atoms with Crippen LogP contribution in [0.5, 0.6) is 0 Å². The van der Waals surface area contributed by atoms with Gasteiger partial charge in [0.05, 0.1) is 11.0 Å². The van der Waals surface area contributed by atoms with Gasteiger partial charge >= 0.3 is 5.69 Å². The molecule has 0 saturated carbocycles. The van der Waals surface area contributed by atoms with Crippen LogP contribution in [0.4, 0.5) is 0 Å². The quantitative estimate of drug-likeness (QED) is 0.789. The summed E-state index contributed by atoms with van der Waals surface area (Å²) in [6.45, 7) is 0.557. The summed E-state index contributed by atoms with van der Waals surface area (Å²) in [6.07, 6.45) is 6.62. The fourth-order valence-corrected chi connectivity index (χ4v) is 2.98. The fourth-order valence-electron chi connectivity index (χ4n) is 2.81. The molecular weight excluding hydrogens is 260 g/mol. The summed E-state index contributed by atoms with van der Waals surface area (Å²) < 4.78 is 3.64. The normalized spacial score (nSPS) is 15.7. The Hall–Kier alpha value is -1.48. The van der Waals surface area contributed by atoms with Crippen LogP contribution in [0.2, 0.25) is 0 Å². The van der Waals surface area contributed by atoms with E-state index >= 15 is 0 Å². The third-order valence-electron chi connectivity index (χ3n) is 3.70. The molecule has 0 amide bonds. The number of allylic oxidation sites excluding steroid dienone is 2. The third-order valence-corrected chi connectivity index (χ3v) is 3.87. The molecule has 4 heteroatoms. The number of benzene rings is 1. The molecule has 0 N–H and O–H groups in total. The molecule has 1 aromatic heterocycles. The van der Waals surface area contributed by atoms with Crippen molar-refractivity contribution in [3.05, 3.63) is 40.8 Å². The minimum Gasteiger partial charge on any atom is -0.290 e. The van der Waals surface area contributed by atoms with Gasteiger partial charge in [-0.1, -0.05) is 18.2 Å². The Bertz CT molecular complexity index is 681. The van der Waals surface area contributed by atoms with E-state index in [-0.39, 0.29) is 5.69 Å². The van der Waals surface area contributed by atoms with Crippen molar-refractivity contribution in [2.75, 3.05) is 5.88 Å². The van der Waals surface area contributed by atoms with Gasteiger partial charge in [0.15, 0.2) is 0 Å². The van der Waals surface area contributed by atoms with Gasteiger partial charge in [-0.25, -0.2) is 4.79 Å². The number of imidazole rings is 1. The maximum Gasteiger partial charge on any atom is 0.333 e. The van der Waals surface area contributed by atoms with Gasteiger partial charge in [0.2, 0.25) is 0 Å². The molecule has 100 valence electrons. The highest BCUT2D eigenvalue weighted by molar-refractivity contribution is 6.17. The molecule has 0 aliphatic heterocycles. The molecule has 1 aliphatic rings. The van der Waals surface area contributed by atoms with E-state index in [0.29, 0.717) is 12.4 Å². The number of fused-ring (bicyclic) bond motifs is 1. The molecule has 1 heterocycles. The Balaban J connectivity index is 2.26. The van der Waals surface area contributed by atoms with Crippen molar-refractivity contribution in [1.29, 1.82) is 0 Å². The third kappa shape index (κ3) is 2.12. The van der Waals surface area contributed by atoms with Gasteiger partial charge in [0, 0.05) is 18.1 Å². The largest absolute Gasteiger partial charge is 0.333 e. The van der Waals surface area contributed by atoms with Crippen molar-refractivity contribution in [3.8, 4) is 0 Å². The maximum absolute atomic E-state index is 12.6. The monoisotopic (exact) mass is 276 g/mol. The van der Waals surface area contributed by atoms with E-state index in [4.69, 9.17) is 11.6 Å². The molecule has 0 unspecified atom stereocenters. The second kappa shape index (κ2) is 5.25. The predicted octanol–water partition coefficient (Wildman–Crippen LogP) is 3.46. The van der Waals surface area contributed by atoms with Crippen LogP contribution in [-0.4, -0.2) is 15.0 Å². The predicted molar refractivity (Wildman–Crippen MR) is 79.7 cm³/mol. The summed E-state index contributed by atoms with van der Waals surface area (Å²) in [6, 6.07) is 7.94.